The van der Waals surface area contributed by atoms with E-state index in [1.807, 2.05) is 0 Å². The molecule has 0 radical (unpaired) electrons. The molecule has 2 aliphatic heterocycles. The maximum atomic E-state index is 13.4. The average Bonchev–Trinajstić information content (AvgIpc) is 3.23. The summed E-state index contributed by atoms with van der Waals surface area (Å²) in [7, 11) is 0. The van der Waals surface area contributed by atoms with Gasteiger partial charge in [-0.25, -0.2) is 4.39 Å². The van der Waals surface area contributed by atoms with E-state index in [0.717, 1.165) is 35.9 Å². The zero-order chi connectivity index (χ0) is 19.8. The van der Waals surface area contributed by atoms with Crippen LogP contribution in [0.3, 0.4) is 0 Å². The van der Waals surface area contributed by atoms with Gasteiger partial charge < -0.3 is 9.88 Å². The summed E-state index contributed by atoms with van der Waals surface area (Å²) in [6, 6.07) is 6.43. The quantitative estimate of drug-likeness (QED) is 0.709. The van der Waals surface area contributed by atoms with Gasteiger partial charge in [0.15, 0.2) is 0 Å². The fourth-order valence-electron chi connectivity index (χ4n) is 4.71. The van der Waals surface area contributed by atoms with Crippen molar-refractivity contribution in [3.05, 3.63) is 33.9 Å². The lowest BCUT2D eigenvalue weighted by Crippen LogP contribution is -2.41. The third kappa shape index (κ3) is 3.99. The van der Waals surface area contributed by atoms with Crippen molar-refractivity contribution >= 4 is 32.7 Å². The van der Waals surface area contributed by atoms with Gasteiger partial charge in [0, 0.05) is 53.7 Å². The molecule has 1 N–H and O–H groups in total. The normalized spacial score (nSPS) is 23.0. The van der Waals surface area contributed by atoms with Crippen molar-refractivity contribution in [2.24, 2.45) is 5.92 Å². The molecule has 0 spiro atoms. The minimum absolute atomic E-state index is 0.0925. The summed E-state index contributed by atoms with van der Waals surface area (Å²) in [4.78, 5) is 20.8. The van der Waals surface area contributed by atoms with Crippen LogP contribution in [0.1, 0.15) is 50.4 Å². The monoisotopic (exact) mass is 449 g/mol. The highest BCUT2D eigenvalue weighted by atomic mass is 79.9. The van der Waals surface area contributed by atoms with E-state index in [2.05, 4.69) is 62.8 Å². The largest absolute Gasteiger partial charge is 0.356 e. The third-order valence-electron chi connectivity index (χ3n) is 6.09. The number of H-pyrrole nitrogens is 1. The van der Waals surface area contributed by atoms with Crippen LogP contribution in [0, 0.1) is 5.92 Å². The van der Waals surface area contributed by atoms with E-state index in [1.165, 1.54) is 16.6 Å². The molecule has 1 aromatic heterocycles. The average molecular weight is 450 g/mol. The molecular weight excluding hydrogens is 421 g/mol. The van der Waals surface area contributed by atoms with Crippen LogP contribution in [0.2, 0.25) is 0 Å². The van der Waals surface area contributed by atoms with Crippen molar-refractivity contribution in [3.8, 4) is 0 Å². The first-order chi connectivity index (χ1) is 13.4. The number of alkyl halides is 1. The van der Waals surface area contributed by atoms with E-state index >= 15 is 0 Å². The van der Waals surface area contributed by atoms with E-state index in [-0.39, 0.29) is 11.9 Å². The summed E-state index contributed by atoms with van der Waals surface area (Å²) < 4.78 is 14.5. The minimum Gasteiger partial charge on any atom is -0.356 e. The highest BCUT2D eigenvalue weighted by Crippen LogP contribution is 2.38. The number of carbonyl (C=O) groups excluding carboxylic acids is 1. The molecule has 0 bridgehead atoms. The Balaban J connectivity index is 1.56. The lowest BCUT2D eigenvalue weighted by atomic mass is 9.91. The van der Waals surface area contributed by atoms with E-state index in [0.29, 0.717) is 31.8 Å². The summed E-state index contributed by atoms with van der Waals surface area (Å²) in [6.45, 7) is 7.09. The molecule has 2 aromatic rings. The predicted molar refractivity (Wildman–Crippen MR) is 114 cm³/mol. The van der Waals surface area contributed by atoms with Crippen LogP contribution in [0.5, 0.6) is 0 Å². The number of halogens is 2. The number of aromatic amines is 1. The molecule has 1 aromatic carbocycles. The van der Waals surface area contributed by atoms with Crippen molar-refractivity contribution in [3.63, 3.8) is 0 Å². The summed E-state index contributed by atoms with van der Waals surface area (Å²) in [5.74, 6) is 0.689. The fraction of sp³-hybridized carbons (Fsp3) is 0.591. The molecule has 6 heteroatoms. The highest BCUT2D eigenvalue weighted by molar-refractivity contribution is 9.10. The number of rotatable bonds is 5. The number of aromatic nitrogens is 1. The van der Waals surface area contributed by atoms with Crippen molar-refractivity contribution in [1.29, 1.82) is 0 Å². The molecular formula is C22H29BrFN3O. The van der Waals surface area contributed by atoms with Gasteiger partial charge in [-0.05, 0) is 48.9 Å². The Kier molecular flexibility index (Phi) is 5.79. The first-order valence-electron chi connectivity index (χ1n) is 10.4. The maximum Gasteiger partial charge on any atom is 0.224 e. The van der Waals surface area contributed by atoms with Crippen LogP contribution in [-0.4, -0.2) is 53.0 Å². The topological polar surface area (TPSA) is 39.3 Å². The van der Waals surface area contributed by atoms with E-state index < -0.39 is 6.17 Å². The number of hydrogen-bond acceptors (Lipinski definition) is 2. The summed E-state index contributed by atoms with van der Waals surface area (Å²) in [5.41, 5.74) is 3.69. The number of carbonyl (C=O) groups is 1. The molecule has 2 aliphatic rings. The molecule has 4 rings (SSSR count). The Labute approximate surface area is 174 Å². The second kappa shape index (κ2) is 8.15. The molecule has 4 nitrogen and oxygen atoms in total. The molecule has 3 heterocycles. The Morgan fingerprint density at radius 1 is 1.36 bits per heavy atom. The fourth-order valence-corrected chi connectivity index (χ4v) is 5.08. The number of likely N-dealkylation sites (tertiary alicyclic amines) is 1. The summed E-state index contributed by atoms with van der Waals surface area (Å²) >= 11 is 3.58. The van der Waals surface area contributed by atoms with Gasteiger partial charge in [0.2, 0.25) is 5.91 Å². The minimum atomic E-state index is -0.730. The van der Waals surface area contributed by atoms with Crippen LogP contribution in [0.15, 0.2) is 22.7 Å². The Morgan fingerprint density at radius 3 is 2.89 bits per heavy atom. The van der Waals surface area contributed by atoms with Crippen molar-refractivity contribution < 1.29 is 9.18 Å². The van der Waals surface area contributed by atoms with Gasteiger partial charge in [-0.2, -0.15) is 0 Å². The van der Waals surface area contributed by atoms with Crippen LogP contribution in [-0.2, 0) is 11.2 Å². The maximum absolute atomic E-state index is 13.4. The van der Waals surface area contributed by atoms with Crippen LogP contribution >= 0.6 is 15.9 Å². The first-order valence-corrected chi connectivity index (χ1v) is 11.2. The van der Waals surface area contributed by atoms with Crippen molar-refractivity contribution in [1.82, 2.24) is 14.8 Å². The molecule has 0 aliphatic carbocycles. The van der Waals surface area contributed by atoms with Crippen molar-refractivity contribution in [2.75, 3.05) is 26.2 Å². The molecule has 1 fully saturated rings. The van der Waals surface area contributed by atoms with Gasteiger partial charge in [0.25, 0.3) is 0 Å². The van der Waals surface area contributed by atoms with Gasteiger partial charge in [-0.3, -0.25) is 9.69 Å². The molecule has 1 unspecified atom stereocenters. The van der Waals surface area contributed by atoms with Crippen molar-refractivity contribution in [2.45, 2.75) is 51.7 Å². The van der Waals surface area contributed by atoms with Crippen LogP contribution in [0.4, 0.5) is 4.39 Å². The number of hydrogen-bond donors (Lipinski definition) is 1. The first kappa shape index (κ1) is 19.9. The highest BCUT2D eigenvalue weighted by Gasteiger charge is 2.34. The second-order valence-corrected chi connectivity index (χ2v) is 9.54. The number of amides is 1. The molecule has 1 amide bonds. The number of fused-ring (bicyclic) bond motifs is 3. The smallest absolute Gasteiger partial charge is 0.224 e. The van der Waals surface area contributed by atoms with E-state index in [4.69, 9.17) is 0 Å². The van der Waals surface area contributed by atoms with Gasteiger partial charge in [-0.1, -0.05) is 29.8 Å². The van der Waals surface area contributed by atoms with Gasteiger partial charge in [0.1, 0.15) is 6.17 Å². The Hall–Kier alpha value is -1.40. The lowest BCUT2D eigenvalue weighted by molar-refractivity contribution is -0.134. The number of nitrogens with zero attached hydrogens (tertiary/aromatic N) is 2. The van der Waals surface area contributed by atoms with Gasteiger partial charge in [-0.15, -0.1) is 0 Å². The molecule has 1 saturated heterocycles. The molecule has 0 saturated carbocycles. The Morgan fingerprint density at radius 2 is 2.18 bits per heavy atom. The summed E-state index contributed by atoms with van der Waals surface area (Å²) in [6.07, 6.45) is 2.17. The molecule has 152 valence electrons. The van der Waals surface area contributed by atoms with Crippen LogP contribution < -0.4 is 0 Å². The third-order valence-corrected chi connectivity index (χ3v) is 6.58. The summed E-state index contributed by atoms with van der Waals surface area (Å²) in [5, 5.41) is 1.26. The van der Waals surface area contributed by atoms with Crippen LogP contribution in [0.25, 0.3) is 10.9 Å². The standard InChI is InChI=1S/C22H29BrFN3O/c1-14(2)11-20-22-17(18-12-15(23)3-4-19(18)25-22)6-10-27(20)21(28)7-9-26-8-5-16(24)13-26/h3-4,12,14,16,20,25H,5-11,13H2,1-2H3/t16-,20?/m0/s1. The second-order valence-electron chi connectivity index (χ2n) is 8.63. The Bertz CT molecular complexity index is 865. The zero-order valence-electron chi connectivity index (χ0n) is 16.7. The molecule has 2 atom stereocenters. The molecule has 28 heavy (non-hydrogen) atoms. The lowest BCUT2D eigenvalue weighted by Gasteiger charge is -2.37. The number of nitrogens with one attached hydrogen (secondary N) is 1. The number of benzene rings is 1. The van der Waals surface area contributed by atoms with E-state index in [1.54, 1.807) is 0 Å². The predicted octanol–water partition coefficient (Wildman–Crippen LogP) is 4.84. The van der Waals surface area contributed by atoms with Gasteiger partial charge in [0.05, 0.1) is 6.04 Å². The zero-order valence-corrected chi connectivity index (χ0v) is 18.3. The van der Waals surface area contributed by atoms with Gasteiger partial charge >= 0.3 is 0 Å². The van der Waals surface area contributed by atoms with E-state index in [9.17, 15) is 9.18 Å². The SMILES string of the molecule is CC(C)CC1c2[nH]c3ccc(Br)cc3c2CCN1C(=O)CCN1CC[C@H](F)C1.